The summed E-state index contributed by atoms with van der Waals surface area (Å²) < 4.78 is 0. The molecule has 126 valence electrons. The Hall–Kier alpha value is -1.82. The summed E-state index contributed by atoms with van der Waals surface area (Å²) in [6.45, 7) is 3.77. The van der Waals surface area contributed by atoms with Crippen molar-refractivity contribution in [1.29, 1.82) is 0 Å². The van der Waals surface area contributed by atoms with E-state index < -0.39 is 0 Å². The van der Waals surface area contributed by atoms with E-state index in [1.165, 1.54) is 0 Å². The van der Waals surface area contributed by atoms with Gasteiger partial charge in [-0.2, -0.15) is 0 Å². The van der Waals surface area contributed by atoms with Gasteiger partial charge in [-0.05, 0) is 45.5 Å². The van der Waals surface area contributed by atoms with Crippen LogP contribution in [0.4, 0.5) is 0 Å². The van der Waals surface area contributed by atoms with Crippen molar-refractivity contribution in [2.45, 2.75) is 19.3 Å². The van der Waals surface area contributed by atoms with Gasteiger partial charge >= 0.3 is 0 Å². The average Bonchev–Trinajstić information content (AvgIpc) is 3.16. The summed E-state index contributed by atoms with van der Waals surface area (Å²) in [4.78, 5) is 34.4. The van der Waals surface area contributed by atoms with Gasteiger partial charge in [0.05, 0.1) is 5.41 Å². The largest absolute Gasteiger partial charge is 0.357 e. The zero-order chi connectivity index (χ0) is 16.4. The molecule has 1 spiro atoms. The highest BCUT2D eigenvalue weighted by atomic mass is 16.2. The third-order valence-corrected chi connectivity index (χ3v) is 5.11. The number of piperidine rings is 1. The fourth-order valence-corrected chi connectivity index (χ4v) is 3.74. The van der Waals surface area contributed by atoms with Crippen LogP contribution in [0.1, 0.15) is 29.8 Å². The monoisotopic (exact) mass is 318 g/mol. The van der Waals surface area contributed by atoms with E-state index in [2.05, 4.69) is 9.88 Å². The molecule has 2 amide bonds. The Kier molecular flexibility index (Phi) is 4.43. The fourth-order valence-electron chi connectivity index (χ4n) is 3.74. The summed E-state index contributed by atoms with van der Waals surface area (Å²) in [5.41, 5.74) is 0.254. The predicted octanol–water partition coefficient (Wildman–Crippen LogP) is 1.03. The number of nitrogens with one attached hydrogen (secondary N) is 1. The molecule has 1 aromatic rings. The molecule has 2 fully saturated rings. The number of carbonyl (C=O) groups excluding carboxylic acids is 2. The number of aromatic amines is 1. The summed E-state index contributed by atoms with van der Waals surface area (Å²) in [6, 6.07) is 3.63. The number of likely N-dealkylation sites (tertiary alicyclic amines) is 2. The minimum atomic E-state index is -0.354. The molecular formula is C17H26N4O2. The molecule has 2 aliphatic heterocycles. The van der Waals surface area contributed by atoms with E-state index in [1.54, 1.807) is 12.3 Å². The van der Waals surface area contributed by atoms with E-state index in [1.807, 2.05) is 30.0 Å². The molecule has 1 N–H and O–H groups in total. The highest BCUT2D eigenvalue weighted by Gasteiger charge is 2.49. The van der Waals surface area contributed by atoms with Gasteiger partial charge in [0.1, 0.15) is 5.69 Å². The lowest BCUT2D eigenvalue weighted by atomic mass is 9.78. The molecule has 2 aliphatic rings. The highest BCUT2D eigenvalue weighted by molar-refractivity contribution is 5.93. The predicted molar refractivity (Wildman–Crippen MR) is 88.1 cm³/mol. The third-order valence-electron chi connectivity index (χ3n) is 5.11. The molecule has 6 heteroatoms. The van der Waals surface area contributed by atoms with Crippen molar-refractivity contribution in [3.8, 4) is 0 Å². The molecule has 6 nitrogen and oxygen atoms in total. The van der Waals surface area contributed by atoms with Crippen LogP contribution >= 0.6 is 0 Å². The maximum atomic E-state index is 12.9. The number of amides is 2. The van der Waals surface area contributed by atoms with Crippen LogP contribution in [0, 0.1) is 5.41 Å². The number of aromatic nitrogens is 1. The third kappa shape index (κ3) is 3.13. The number of rotatable bonds is 4. The van der Waals surface area contributed by atoms with Crippen LogP contribution in [0.5, 0.6) is 0 Å². The van der Waals surface area contributed by atoms with Crippen molar-refractivity contribution in [2.75, 3.05) is 46.8 Å². The van der Waals surface area contributed by atoms with E-state index in [0.717, 1.165) is 45.4 Å². The normalized spacial score (nSPS) is 24.9. The van der Waals surface area contributed by atoms with Gasteiger partial charge in [0, 0.05) is 38.9 Å². The lowest BCUT2D eigenvalue weighted by molar-refractivity contribution is -0.138. The van der Waals surface area contributed by atoms with Gasteiger partial charge in [-0.1, -0.05) is 0 Å². The van der Waals surface area contributed by atoms with Gasteiger partial charge in [-0.15, -0.1) is 0 Å². The Morgan fingerprint density at radius 3 is 2.87 bits per heavy atom. The molecular weight excluding hydrogens is 292 g/mol. The van der Waals surface area contributed by atoms with E-state index in [9.17, 15) is 9.59 Å². The Bertz CT molecular complexity index is 569. The first kappa shape index (κ1) is 16.1. The molecule has 3 heterocycles. The average molecular weight is 318 g/mol. The summed E-state index contributed by atoms with van der Waals surface area (Å²) in [5.74, 6) is 0.247. The van der Waals surface area contributed by atoms with Crippen LogP contribution in [0.25, 0.3) is 0 Å². The SMILES string of the molecule is CN(C)CCN1CC[C@]2(CCCN(C(=O)c3ccc[nH]3)C2)C1=O. The Morgan fingerprint density at radius 1 is 1.35 bits per heavy atom. The Morgan fingerprint density at radius 2 is 2.17 bits per heavy atom. The summed E-state index contributed by atoms with van der Waals surface area (Å²) in [7, 11) is 4.04. The molecule has 0 unspecified atom stereocenters. The van der Waals surface area contributed by atoms with Crippen molar-refractivity contribution >= 4 is 11.8 Å². The second-order valence-electron chi connectivity index (χ2n) is 7.04. The van der Waals surface area contributed by atoms with Crippen molar-refractivity contribution in [3.63, 3.8) is 0 Å². The molecule has 0 aromatic carbocycles. The zero-order valence-corrected chi connectivity index (χ0v) is 14.0. The number of carbonyl (C=O) groups is 2. The van der Waals surface area contributed by atoms with Crippen LogP contribution in [0.3, 0.4) is 0 Å². The van der Waals surface area contributed by atoms with Crippen LogP contribution in [-0.4, -0.2) is 78.3 Å². The number of likely N-dealkylation sites (N-methyl/N-ethyl adjacent to an activating group) is 1. The van der Waals surface area contributed by atoms with Gasteiger partial charge in [-0.25, -0.2) is 0 Å². The van der Waals surface area contributed by atoms with Gasteiger partial charge in [-0.3, -0.25) is 9.59 Å². The zero-order valence-electron chi connectivity index (χ0n) is 14.0. The molecule has 0 aliphatic carbocycles. The second kappa shape index (κ2) is 6.35. The van der Waals surface area contributed by atoms with Crippen molar-refractivity contribution in [1.82, 2.24) is 19.7 Å². The smallest absolute Gasteiger partial charge is 0.270 e. The lowest BCUT2D eigenvalue weighted by Gasteiger charge is -2.39. The second-order valence-corrected chi connectivity index (χ2v) is 7.04. The molecule has 2 saturated heterocycles. The Balaban J connectivity index is 1.68. The van der Waals surface area contributed by atoms with Crippen LogP contribution in [0.2, 0.25) is 0 Å². The fraction of sp³-hybridized carbons (Fsp3) is 0.647. The number of H-pyrrole nitrogens is 1. The first-order valence-corrected chi connectivity index (χ1v) is 8.39. The molecule has 1 atom stereocenters. The standard InChI is InChI=1S/C17H26N4O2/c1-19(2)11-12-20-10-7-17(16(20)23)6-4-9-21(13-17)15(22)14-5-3-8-18-14/h3,5,8,18H,4,6-7,9-13H2,1-2H3/t17-/m0/s1. The van der Waals surface area contributed by atoms with E-state index in [0.29, 0.717) is 12.2 Å². The summed E-state index contributed by atoms with van der Waals surface area (Å²) in [5, 5.41) is 0. The topological polar surface area (TPSA) is 59.6 Å². The number of hydrogen-bond donors (Lipinski definition) is 1. The number of nitrogens with zero attached hydrogens (tertiary/aromatic N) is 3. The van der Waals surface area contributed by atoms with Gasteiger partial charge in [0.2, 0.25) is 5.91 Å². The van der Waals surface area contributed by atoms with Crippen LogP contribution in [0.15, 0.2) is 18.3 Å². The van der Waals surface area contributed by atoms with E-state index in [4.69, 9.17) is 0 Å². The summed E-state index contributed by atoms with van der Waals surface area (Å²) in [6.07, 6.45) is 4.43. The van der Waals surface area contributed by atoms with Crippen molar-refractivity contribution in [3.05, 3.63) is 24.0 Å². The first-order chi connectivity index (χ1) is 11.0. The first-order valence-electron chi connectivity index (χ1n) is 8.39. The molecule has 1 aromatic heterocycles. The highest BCUT2D eigenvalue weighted by Crippen LogP contribution is 2.40. The molecule has 3 rings (SSSR count). The maximum absolute atomic E-state index is 12.9. The summed E-state index contributed by atoms with van der Waals surface area (Å²) >= 11 is 0. The maximum Gasteiger partial charge on any atom is 0.270 e. The van der Waals surface area contributed by atoms with Crippen LogP contribution in [-0.2, 0) is 4.79 Å². The molecule has 0 bridgehead atoms. The van der Waals surface area contributed by atoms with Crippen molar-refractivity contribution < 1.29 is 9.59 Å². The quantitative estimate of drug-likeness (QED) is 0.902. The Labute approximate surface area is 137 Å². The molecule has 23 heavy (non-hydrogen) atoms. The van der Waals surface area contributed by atoms with Gasteiger partial charge < -0.3 is 19.7 Å². The van der Waals surface area contributed by atoms with Gasteiger partial charge in [0.25, 0.3) is 5.91 Å². The van der Waals surface area contributed by atoms with E-state index >= 15 is 0 Å². The van der Waals surface area contributed by atoms with Gasteiger partial charge in [0.15, 0.2) is 0 Å². The molecule has 0 saturated carbocycles. The molecule has 0 radical (unpaired) electrons. The van der Waals surface area contributed by atoms with Crippen LogP contribution < -0.4 is 0 Å². The minimum Gasteiger partial charge on any atom is -0.357 e. The number of hydrogen-bond acceptors (Lipinski definition) is 3. The van der Waals surface area contributed by atoms with Crippen molar-refractivity contribution in [2.24, 2.45) is 5.41 Å². The minimum absolute atomic E-state index is 0.00798. The lowest BCUT2D eigenvalue weighted by Crippen LogP contribution is -2.50. The van der Waals surface area contributed by atoms with E-state index in [-0.39, 0.29) is 17.2 Å².